The second-order valence-electron chi connectivity index (χ2n) is 2.72. The van der Waals surface area contributed by atoms with Crippen LogP contribution in [0.15, 0.2) is 0 Å². The van der Waals surface area contributed by atoms with Crippen molar-refractivity contribution in [1.29, 1.82) is 0 Å². The number of hydrogen-bond donors (Lipinski definition) is 3. The summed E-state index contributed by atoms with van der Waals surface area (Å²) in [6, 6.07) is 0. The van der Waals surface area contributed by atoms with Gasteiger partial charge in [-0.3, -0.25) is 4.79 Å². The highest BCUT2D eigenvalue weighted by Gasteiger charge is 2.12. The van der Waals surface area contributed by atoms with E-state index in [1.54, 1.807) is 0 Å². The number of nitrogens with two attached hydrogens (primary N) is 1. The molecule has 1 rings (SSSR count). The molecule has 0 aliphatic carbocycles. The van der Waals surface area contributed by atoms with E-state index in [1.807, 2.05) is 0 Å². The number of carbonyl (C=O) groups excluding carboxylic acids is 1. The average Bonchev–Trinajstić information content (AvgIpc) is 2.64. The minimum Gasteiger partial charge on any atom is -0.374 e. The fourth-order valence-electron chi connectivity index (χ4n) is 0.803. The summed E-state index contributed by atoms with van der Waals surface area (Å²) in [6.45, 7) is 0.00148. The van der Waals surface area contributed by atoms with Crippen LogP contribution in [0.3, 0.4) is 0 Å². The molecule has 0 fully saturated rings. The maximum absolute atomic E-state index is 11.4. The highest BCUT2D eigenvalue weighted by atomic mass is 32.2. The number of nitrogens with one attached hydrogen (secondary N) is 2. The van der Waals surface area contributed by atoms with Crippen molar-refractivity contribution in [3.63, 3.8) is 0 Å². The summed E-state index contributed by atoms with van der Waals surface area (Å²) in [5.41, 5.74) is 5.29. The van der Waals surface area contributed by atoms with Crippen LogP contribution in [0.2, 0.25) is 0 Å². The summed E-state index contributed by atoms with van der Waals surface area (Å²) in [5.74, 6) is -0.677. The molecule has 0 atom stereocenters. The third-order valence-corrected chi connectivity index (χ3v) is 3.72. The molecule has 1 aromatic heterocycles. The maximum atomic E-state index is 11.4. The van der Waals surface area contributed by atoms with Crippen molar-refractivity contribution in [3.8, 4) is 0 Å². The zero-order chi connectivity index (χ0) is 12.2. The number of sulfonamides is 1. The van der Waals surface area contributed by atoms with Gasteiger partial charge >= 0.3 is 0 Å². The number of amides is 1. The Kier molecular flexibility index (Phi) is 4.15. The van der Waals surface area contributed by atoms with Crippen LogP contribution >= 0.6 is 11.3 Å². The van der Waals surface area contributed by atoms with E-state index in [-0.39, 0.29) is 22.4 Å². The van der Waals surface area contributed by atoms with E-state index in [4.69, 9.17) is 5.73 Å². The molecule has 1 amide bonds. The Labute approximate surface area is 96.3 Å². The minimum atomic E-state index is -3.31. The zero-order valence-electron chi connectivity index (χ0n) is 8.43. The van der Waals surface area contributed by atoms with Gasteiger partial charge in [0.15, 0.2) is 0 Å². The van der Waals surface area contributed by atoms with Crippen molar-refractivity contribution in [1.82, 2.24) is 20.2 Å². The van der Waals surface area contributed by atoms with Gasteiger partial charge in [0.2, 0.25) is 20.2 Å². The molecule has 0 saturated carbocycles. The molecule has 0 radical (unpaired) electrons. The Morgan fingerprint density at radius 1 is 1.50 bits per heavy atom. The fourth-order valence-corrected chi connectivity index (χ4v) is 1.90. The van der Waals surface area contributed by atoms with Crippen LogP contribution in [0.5, 0.6) is 0 Å². The first kappa shape index (κ1) is 12.8. The molecule has 4 N–H and O–H groups in total. The molecule has 8 nitrogen and oxygen atoms in total. The molecular weight excluding hydrogens is 254 g/mol. The number of anilines is 1. The van der Waals surface area contributed by atoms with Gasteiger partial charge in [-0.15, -0.1) is 10.2 Å². The van der Waals surface area contributed by atoms with Gasteiger partial charge in [0, 0.05) is 6.54 Å². The topological polar surface area (TPSA) is 127 Å². The molecule has 0 aliphatic rings. The number of carbonyl (C=O) groups is 1. The van der Waals surface area contributed by atoms with Crippen molar-refractivity contribution < 1.29 is 13.2 Å². The van der Waals surface area contributed by atoms with Gasteiger partial charge in [-0.2, -0.15) is 0 Å². The Hall–Kier alpha value is -1.26. The minimum absolute atomic E-state index is 0.00148. The van der Waals surface area contributed by atoms with Crippen LogP contribution in [-0.4, -0.2) is 43.9 Å². The standard InChI is InChI=1S/C6H11N5O3S2/c1-8-16(13,14)3-2-9-4(12)5-10-11-6(7)15-5/h8H,2-3H2,1H3,(H2,7,11)(H,9,12). The van der Waals surface area contributed by atoms with Gasteiger partial charge in [-0.25, -0.2) is 13.1 Å². The Morgan fingerprint density at radius 3 is 2.69 bits per heavy atom. The molecular formula is C6H11N5O3S2. The van der Waals surface area contributed by atoms with Crippen molar-refractivity contribution in [2.24, 2.45) is 0 Å². The second kappa shape index (κ2) is 5.18. The maximum Gasteiger partial charge on any atom is 0.282 e. The normalized spacial score (nSPS) is 11.3. The van der Waals surface area contributed by atoms with Gasteiger partial charge < -0.3 is 11.1 Å². The Balaban J connectivity index is 2.43. The smallest absolute Gasteiger partial charge is 0.282 e. The molecule has 90 valence electrons. The van der Waals surface area contributed by atoms with Gasteiger partial charge in [-0.1, -0.05) is 11.3 Å². The highest BCUT2D eigenvalue weighted by Crippen LogP contribution is 2.09. The van der Waals surface area contributed by atoms with Crippen LogP contribution in [0.25, 0.3) is 0 Å². The SMILES string of the molecule is CNS(=O)(=O)CCNC(=O)c1nnc(N)s1. The first-order valence-electron chi connectivity index (χ1n) is 4.23. The van der Waals surface area contributed by atoms with Crippen LogP contribution in [-0.2, 0) is 10.0 Å². The Morgan fingerprint density at radius 2 is 2.19 bits per heavy atom. The molecule has 0 spiro atoms. The van der Waals surface area contributed by atoms with Gasteiger partial charge in [0.25, 0.3) is 5.91 Å². The molecule has 1 heterocycles. The lowest BCUT2D eigenvalue weighted by atomic mass is 10.6. The van der Waals surface area contributed by atoms with E-state index < -0.39 is 15.9 Å². The predicted molar refractivity (Wildman–Crippen MR) is 59.5 cm³/mol. The van der Waals surface area contributed by atoms with Gasteiger partial charge in [-0.05, 0) is 7.05 Å². The van der Waals surface area contributed by atoms with Crippen molar-refractivity contribution in [2.75, 3.05) is 25.1 Å². The summed E-state index contributed by atoms with van der Waals surface area (Å²) in [7, 11) is -2.01. The lowest BCUT2D eigenvalue weighted by molar-refractivity contribution is 0.0955. The summed E-state index contributed by atoms with van der Waals surface area (Å²) < 4.78 is 24.2. The Bertz CT molecular complexity index is 468. The molecule has 0 aliphatic heterocycles. The molecule has 0 aromatic carbocycles. The number of aromatic nitrogens is 2. The first-order chi connectivity index (χ1) is 7.44. The fraction of sp³-hybridized carbons (Fsp3) is 0.500. The number of nitrogen functional groups attached to an aromatic ring is 1. The molecule has 10 heteroatoms. The third kappa shape index (κ3) is 3.72. The summed E-state index contributed by atoms with van der Waals surface area (Å²) in [5, 5.41) is 9.68. The van der Waals surface area contributed by atoms with E-state index in [2.05, 4.69) is 20.2 Å². The van der Waals surface area contributed by atoms with Crippen molar-refractivity contribution in [2.45, 2.75) is 0 Å². The molecule has 0 saturated heterocycles. The monoisotopic (exact) mass is 265 g/mol. The highest BCUT2D eigenvalue weighted by molar-refractivity contribution is 7.89. The predicted octanol–water partition coefficient (Wildman–Crippen LogP) is -1.60. The third-order valence-electron chi connectivity index (χ3n) is 1.60. The second-order valence-corrected chi connectivity index (χ2v) is 5.78. The largest absolute Gasteiger partial charge is 0.374 e. The molecule has 16 heavy (non-hydrogen) atoms. The molecule has 1 aromatic rings. The van der Waals surface area contributed by atoms with Crippen LogP contribution in [0.4, 0.5) is 5.13 Å². The lowest BCUT2D eigenvalue weighted by Gasteiger charge is -2.02. The summed E-state index contributed by atoms with van der Waals surface area (Å²) in [6.07, 6.45) is 0. The lowest BCUT2D eigenvalue weighted by Crippen LogP contribution is -2.32. The van der Waals surface area contributed by atoms with Gasteiger partial charge in [0.05, 0.1) is 5.75 Å². The quantitative estimate of drug-likeness (QED) is 0.588. The molecule has 0 unspecified atom stereocenters. The zero-order valence-corrected chi connectivity index (χ0v) is 10.1. The van der Waals surface area contributed by atoms with Gasteiger partial charge in [0.1, 0.15) is 0 Å². The number of rotatable bonds is 5. The first-order valence-corrected chi connectivity index (χ1v) is 6.70. The van der Waals surface area contributed by atoms with E-state index in [9.17, 15) is 13.2 Å². The number of hydrogen-bond acceptors (Lipinski definition) is 7. The van der Waals surface area contributed by atoms with Crippen LogP contribution < -0.4 is 15.8 Å². The summed E-state index contributed by atoms with van der Waals surface area (Å²) in [4.78, 5) is 11.4. The average molecular weight is 265 g/mol. The van der Waals surface area contributed by atoms with Crippen molar-refractivity contribution >= 4 is 32.4 Å². The molecule has 0 bridgehead atoms. The van der Waals surface area contributed by atoms with E-state index in [0.717, 1.165) is 11.3 Å². The van der Waals surface area contributed by atoms with E-state index in [0.29, 0.717) is 0 Å². The van der Waals surface area contributed by atoms with Crippen LogP contribution in [0, 0.1) is 0 Å². The summed E-state index contributed by atoms with van der Waals surface area (Å²) >= 11 is 0.938. The number of nitrogens with zero attached hydrogens (tertiary/aromatic N) is 2. The van der Waals surface area contributed by atoms with Crippen LogP contribution in [0.1, 0.15) is 9.80 Å². The van der Waals surface area contributed by atoms with Crippen molar-refractivity contribution in [3.05, 3.63) is 5.01 Å². The van der Waals surface area contributed by atoms with E-state index >= 15 is 0 Å². The van der Waals surface area contributed by atoms with E-state index in [1.165, 1.54) is 7.05 Å².